The normalized spacial score (nSPS) is 11.5. The molecule has 6 heteroatoms. The van der Waals surface area contributed by atoms with Crippen molar-refractivity contribution in [1.82, 2.24) is 0 Å². The van der Waals surface area contributed by atoms with Crippen molar-refractivity contribution in [2.24, 2.45) is 0 Å². The first kappa shape index (κ1) is 12.9. The van der Waals surface area contributed by atoms with E-state index in [0.717, 1.165) is 5.56 Å². The fourth-order valence-corrected chi connectivity index (χ4v) is 2.06. The maximum atomic E-state index is 12.4. The molecule has 0 spiro atoms. The van der Waals surface area contributed by atoms with Gasteiger partial charge in [0.15, 0.2) is 0 Å². The highest BCUT2D eigenvalue weighted by Gasteiger charge is 2.30. The summed E-state index contributed by atoms with van der Waals surface area (Å²) in [6.07, 6.45) is 3.07. The van der Waals surface area contributed by atoms with Crippen LogP contribution in [0, 0.1) is 0 Å². The second kappa shape index (κ2) is 5.39. The zero-order valence-corrected chi connectivity index (χ0v) is 10.0. The van der Waals surface area contributed by atoms with Gasteiger partial charge in [0.25, 0.3) is 0 Å². The summed E-state index contributed by atoms with van der Waals surface area (Å²) < 4.78 is 42.0. The number of benzene rings is 1. The van der Waals surface area contributed by atoms with Crippen LogP contribution in [0.3, 0.4) is 0 Å². The maximum Gasteiger partial charge on any atom is 0.446 e. The van der Waals surface area contributed by atoms with Crippen LogP contribution in [-0.4, -0.2) is 5.51 Å². The third-order valence-corrected chi connectivity index (χ3v) is 2.98. The van der Waals surface area contributed by atoms with Crippen molar-refractivity contribution in [3.05, 3.63) is 48.4 Å². The summed E-state index contributed by atoms with van der Waals surface area (Å²) >= 11 is -0.121. The molecule has 0 saturated carbocycles. The number of halogens is 3. The summed E-state index contributed by atoms with van der Waals surface area (Å²) in [4.78, 5) is 0.161. The molecule has 0 radical (unpaired) electrons. The monoisotopic (exact) mass is 273 g/mol. The number of thioether (sulfide) groups is 1. The van der Waals surface area contributed by atoms with Crippen molar-refractivity contribution in [3.63, 3.8) is 0 Å². The van der Waals surface area contributed by atoms with Gasteiger partial charge >= 0.3 is 5.51 Å². The van der Waals surface area contributed by atoms with Crippen molar-refractivity contribution in [2.75, 3.05) is 5.32 Å². The lowest BCUT2D eigenvalue weighted by Gasteiger charge is -2.12. The molecule has 0 saturated heterocycles. The number of alkyl halides is 3. The predicted octanol–water partition coefficient (Wildman–Crippen LogP) is 4.50. The summed E-state index contributed by atoms with van der Waals surface area (Å²) in [6.45, 7) is 0.423. The second-order valence-corrected chi connectivity index (χ2v) is 4.64. The molecule has 0 fully saturated rings. The first-order chi connectivity index (χ1) is 8.54. The smallest absolute Gasteiger partial charge is 0.446 e. The van der Waals surface area contributed by atoms with Gasteiger partial charge in [-0.3, -0.25) is 0 Å². The van der Waals surface area contributed by atoms with Crippen LogP contribution in [0.15, 0.2) is 52.2 Å². The molecule has 96 valence electrons. The summed E-state index contributed by atoms with van der Waals surface area (Å²) in [6, 6.07) is 8.09. The molecule has 0 bridgehead atoms. The number of nitrogens with one attached hydrogen (secondary N) is 1. The maximum absolute atomic E-state index is 12.4. The Kier molecular flexibility index (Phi) is 3.86. The van der Waals surface area contributed by atoms with Crippen LogP contribution < -0.4 is 5.32 Å². The number of hydrogen-bond acceptors (Lipinski definition) is 3. The average Bonchev–Trinajstić information content (AvgIpc) is 2.79. The topological polar surface area (TPSA) is 25.2 Å². The summed E-state index contributed by atoms with van der Waals surface area (Å²) in [5, 5.41) is 2.96. The molecule has 0 unspecified atom stereocenters. The summed E-state index contributed by atoms with van der Waals surface area (Å²) in [5.74, 6) is 0. The standard InChI is InChI=1S/C12H10F3NOS/c13-12(14,15)18-11-4-2-1-3-10(11)16-7-9-5-6-17-8-9/h1-6,8,16H,7H2. The molecule has 1 heterocycles. The lowest BCUT2D eigenvalue weighted by Crippen LogP contribution is -2.03. The van der Waals surface area contributed by atoms with Gasteiger partial charge in [0.2, 0.25) is 0 Å². The Hall–Kier alpha value is -1.56. The van der Waals surface area contributed by atoms with Gasteiger partial charge in [0, 0.05) is 22.7 Å². The average molecular weight is 273 g/mol. The molecule has 0 aliphatic rings. The van der Waals surface area contributed by atoms with Crippen molar-refractivity contribution >= 4 is 17.4 Å². The van der Waals surface area contributed by atoms with Gasteiger partial charge < -0.3 is 9.73 Å². The fourth-order valence-electron chi connectivity index (χ4n) is 1.42. The van der Waals surface area contributed by atoms with E-state index < -0.39 is 5.51 Å². The van der Waals surface area contributed by atoms with Gasteiger partial charge in [-0.05, 0) is 30.0 Å². The molecule has 0 aliphatic heterocycles. The number of rotatable bonds is 4. The van der Waals surface area contributed by atoms with Crippen LogP contribution in [0.2, 0.25) is 0 Å². The Morgan fingerprint density at radius 2 is 1.94 bits per heavy atom. The first-order valence-electron chi connectivity index (χ1n) is 5.14. The number of furan rings is 1. The Morgan fingerprint density at radius 3 is 2.61 bits per heavy atom. The highest BCUT2D eigenvalue weighted by Crippen LogP contribution is 2.40. The first-order valence-corrected chi connectivity index (χ1v) is 5.96. The largest absolute Gasteiger partial charge is 0.472 e. The Morgan fingerprint density at radius 1 is 1.17 bits per heavy atom. The van der Waals surface area contributed by atoms with Crippen LogP contribution in [-0.2, 0) is 6.54 Å². The third-order valence-electron chi connectivity index (χ3n) is 2.18. The summed E-state index contributed by atoms with van der Waals surface area (Å²) in [7, 11) is 0. The van der Waals surface area contributed by atoms with E-state index in [0.29, 0.717) is 12.2 Å². The zero-order valence-electron chi connectivity index (χ0n) is 9.20. The Bertz CT molecular complexity index is 496. The molecule has 2 aromatic rings. The van der Waals surface area contributed by atoms with Gasteiger partial charge in [0.05, 0.1) is 12.5 Å². The molecular weight excluding hydrogens is 263 g/mol. The molecule has 1 aromatic heterocycles. The van der Waals surface area contributed by atoms with Gasteiger partial charge in [0.1, 0.15) is 0 Å². The van der Waals surface area contributed by atoms with Crippen molar-refractivity contribution in [2.45, 2.75) is 16.9 Å². The van der Waals surface area contributed by atoms with E-state index in [1.165, 1.54) is 12.3 Å². The molecule has 0 atom stereocenters. The number of para-hydroxylation sites is 1. The second-order valence-electron chi connectivity index (χ2n) is 3.53. The van der Waals surface area contributed by atoms with E-state index in [-0.39, 0.29) is 16.7 Å². The van der Waals surface area contributed by atoms with Gasteiger partial charge in [-0.2, -0.15) is 13.2 Å². The van der Waals surface area contributed by atoms with Crippen LogP contribution in [0.4, 0.5) is 18.9 Å². The lowest BCUT2D eigenvalue weighted by atomic mass is 10.3. The zero-order chi connectivity index (χ0) is 13.0. The highest BCUT2D eigenvalue weighted by molar-refractivity contribution is 8.00. The van der Waals surface area contributed by atoms with Crippen molar-refractivity contribution in [1.29, 1.82) is 0 Å². The predicted molar refractivity (Wildman–Crippen MR) is 64.4 cm³/mol. The molecule has 1 aromatic carbocycles. The number of hydrogen-bond donors (Lipinski definition) is 1. The molecule has 0 aliphatic carbocycles. The van der Waals surface area contributed by atoms with Crippen LogP contribution >= 0.6 is 11.8 Å². The van der Waals surface area contributed by atoms with Crippen LogP contribution in [0.25, 0.3) is 0 Å². The Labute approximate surface area is 106 Å². The Balaban J connectivity index is 2.07. The molecule has 2 rings (SSSR count). The number of anilines is 1. The highest BCUT2D eigenvalue weighted by atomic mass is 32.2. The third kappa shape index (κ3) is 3.73. The fraction of sp³-hybridized carbons (Fsp3) is 0.167. The van der Waals surface area contributed by atoms with Crippen molar-refractivity contribution < 1.29 is 17.6 Å². The molecule has 1 N–H and O–H groups in total. The van der Waals surface area contributed by atoms with Gasteiger partial charge in [-0.25, -0.2) is 0 Å². The minimum absolute atomic E-state index is 0.121. The SMILES string of the molecule is FC(F)(F)Sc1ccccc1NCc1ccoc1. The summed E-state index contributed by atoms with van der Waals surface area (Å²) in [5.41, 5.74) is -2.95. The van der Waals surface area contributed by atoms with Crippen LogP contribution in [0.1, 0.15) is 5.56 Å². The molecular formula is C12H10F3NOS. The molecule has 0 amide bonds. The minimum atomic E-state index is -4.28. The van der Waals surface area contributed by atoms with E-state index >= 15 is 0 Å². The van der Waals surface area contributed by atoms with Crippen molar-refractivity contribution in [3.8, 4) is 0 Å². The van der Waals surface area contributed by atoms with Gasteiger partial charge in [-0.15, -0.1) is 0 Å². The molecule has 2 nitrogen and oxygen atoms in total. The quantitative estimate of drug-likeness (QED) is 0.830. The lowest BCUT2D eigenvalue weighted by molar-refractivity contribution is -0.0327. The molecule has 18 heavy (non-hydrogen) atoms. The van der Waals surface area contributed by atoms with E-state index in [1.807, 2.05) is 0 Å². The van der Waals surface area contributed by atoms with Crippen LogP contribution in [0.5, 0.6) is 0 Å². The minimum Gasteiger partial charge on any atom is -0.472 e. The van der Waals surface area contributed by atoms with E-state index in [4.69, 9.17) is 4.42 Å². The van der Waals surface area contributed by atoms with E-state index in [2.05, 4.69) is 5.32 Å². The van der Waals surface area contributed by atoms with E-state index in [1.54, 1.807) is 30.5 Å². The van der Waals surface area contributed by atoms with E-state index in [9.17, 15) is 13.2 Å². The van der Waals surface area contributed by atoms with Gasteiger partial charge in [-0.1, -0.05) is 12.1 Å².